The molecule has 1 atom stereocenters. The number of carbonyl (C=O) groups excluding carboxylic acids is 3. The fourth-order valence-electron chi connectivity index (χ4n) is 4.95. The van der Waals surface area contributed by atoms with Crippen molar-refractivity contribution in [1.29, 1.82) is 0 Å². The van der Waals surface area contributed by atoms with Crippen LogP contribution in [-0.2, 0) is 22.6 Å². The van der Waals surface area contributed by atoms with E-state index in [0.29, 0.717) is 54.5 Å². The molecule has 2 aromatic carbocycles. The number of ether oxygens (including phenoxy) is 1. The molecule has 2 aliphatic heterocycles. The Morgan fingerprint density at radius 3 is 2.89 bits per heavy atom. The molecule has 0 radical (unpaired) electrons. The van der Waals surface area contributed by atoms with E-state index in [2.05, 4.69) is 16.0 Å². The zero-order valence-electron chi connectivity index (χ0n) is 20.5. The van der Waals surface area contributed by atoms with Crippen molar-refractivity contribution in [1.82, 2.24) is 20.5 Å². The van der Waals surface area contributed by atoms with Crippen LogP contribution in [0.3, 0.4) is 0 Å². The van der Waals surface area contributed by atoms with Crippen molar-refractivity contribution in [2.45, 2.75) is 31.8 Å². The minimum atomic E-state index is -0.568. The zero-order valence-corrected chi connectivity index (χ0v) is 21.2. The van der Waals surface area contributed by atoms with Gasteiger partial charge in [0.15, 0.2) is 0 Å². The maximum absolute atomic E-state index is 13.6. The smallest absolute Gasteiger partial charge is 0.253 e. The first kappa shape index (κ1) is 25.0. The molecule has 2 aliphatic rings. The summed E-state index contributed by atoms with van der Waals surface area (Å²) in [5.74, 6) is -0.167. The summed E-state index contributed by atoms with van der Waals surface area (Å²) in [6, 6.07) is 12.0. The normalized spacial score (nSPS) is 17.6. The third kappa shape index (κ3) is 5.38. The number of pyridine rings is 1. The van der Waals surface area contributed by atoms with Crippen molar-refractivity contribution in [3.8, 4) is 5.75 Å². The molecule has 0 aliphatic carbocycles. The van der Waals surface area contributed by atoms with E-state index in [1.165, 1.54) is 7.11 Å². The molecule has 37 heavy (non-hydrogen) atoms. The maximum Gasteiger partial charge on any atom is 0.253 e. The van der Waals surface area contributed by atoms with Gasteiger partial charge in [-0.05, 0) is 37.1 Å². The molecule has 0 bridgehead atoms. The SMILES string of the molecule is COc1ccc(Cl)cc1NC(=O)CN1CCc2nc3ccccc3c(C(=O)NC3CCCNC3=O)c2C1. The number of halogens is 1. The highest BCUT2D eigenvalue weighted by molar-refractivity contribution is 6.31. The largest absolute Gasteiger partial charge is 0.495 e. The first-order chi connectivity index (χ1) is 17.9. The van der Waals surface area contributed by atoms with Crippen LogP contribution in [0.25, 0.3) is 10.9 Å². The van der Waals surface area contributed by atoms with E-state index in [-0.39, 0.29) is 24.3 Å². The molecule has 1 saturated heterocycles. The Hall–Kier alpha value is -3.69. The minimum absolute atomic E-state index is 0.119. The number of anilines is 1. The highest BCUT2D eigenvalue weighted by atomic mass is 35.5. The van der Waals surface area contributed by atoms with Crippen molar-refractivity contribution in [2.75, 3.05) is 32.1 Å². The van der Waals surface area contributed by atoms with Gasteiger partial charge in [-0.25, -0.2) is 0 Å². The molecule has 3 N–H and O–H groups in total. The van der Waals surface area contributed by atoms with Crippen molar-refractivity contribution in [2.24, 2.45) is 0 Å². The second-order valence-corrected chi connectivity index (χ2v) is 9.68. The molecule has 1 unspecified atom stereocenters. The lowest BCUT2D eigenvalue weighted by atomic mass is 9.94. The zero-order chi connectivity index (χ0) is 25.9. The molecule has 0 spiro atoms. The summed E-state index contributed by atoms with van der Waals surface area (Å²) in [5, 5.41) is 9.83. The number of para-hydroxylation sites is 1. The fourth-order valence-corrected chi connectivity index (χ4v) is 5.12. The second-order valence-electron chi connectivity index (χ2n) is 9.24. The quantitative estimate of drug-likeness (QED) is 0.460. The number of methoxy groups -OCH3 is 1. The summed E-state index contributed by atoms with van der Waals surface area (Å²) >= 11 is 6.09. The van der Waals surface area contributed by atoms with Crippen LogP contribution in [0.5, 0.6) is 5.75 Å². The Morgan fingerprint density at radius 1 is 1.24 bits per heavy atom. The number of fused-ring (bicyclic) bond motifs is 2. The van der Waals surface area contributed by atoms with Gasteiger partial charge in [0.1, 0.15) is 11.8 Å². The van der Waals surface area contributed by atoms with Crippen LogP contribution in [-0.4, -0.2) is 60.4 Å². The molecular weight excluding hydrogens is 494 g/mol. The standard InChI is InChI=1S/C27H28ClN5O4/c1-37-23-9-8-16(28)13-22(23)31-24(34)15-33-12-10-20-18(14-33)25(17-5-2-3-6-19(17)30-20)27(36)32-21-7-4-11-29-26(21)35/h2-3,5-6,8-9,13,21H,4,7,10-12,14-15H2,1H3,(H,29,35)(H,31,34)(H,32,36). The van der Waals surface area contributed by atoms with E-state index in [0.717, 1.165) is 28.6 Å². The van der Waals surface area contributed by atoms with Crippen LogP contribution < -0.4 is 20.7 Å². The summed E-state index contributed by atoms with van der Waals surface area (Å²) in [7, 11) is 1.53. The Morgan fingerprint density at radius 2 is 2.08 bits per heavy atom. The fraction of sp³-hybridized carbons (Fsp3) is 0.333. The van der Waals surface area contributed by atoms with Gasteiger partial charge >= 0.3 is 0 Å². The topological polar surface area (TPSA) is 113 Å². The molecular formula is C27H28ClN5O4. The molecule has 3 heterocycles. The number of benzene rings is 2. The molecule has 0 saturated carbocycles. The van der Waals surface area contributed by atoms with E-state index >= 15 is 0 Å². The van der Waals surface area contributed by atoms with Crippen LogP contribution in [0, 0.1) is 0 Å². The number of rotatable bonds is 6. The number of amides is 3. The van der Waals surface area contributed by atoms with Crippen molar-refractivity contribution < 1.29 is 19.1 Å². The number of aromatic nitrogens is 1. The summed E-state index contributed by atoms with van der Waals surface area (Å²) in [6.07, 6.45) is 2.01. The van der Waals surface area contributed by atoms with Crippen molar-refractivity contribution in [3.05, 3.63) is 64.3 Å². The number of nitrogens with one attached hydrogen (secondary N) is 3. The minimum Gasteiger partial charge on any atom is -0.495 e. The monoisotopic (exact) mass is 521 g/mol. The summed E-state index contributed by atoms with van der Waals surface area (Å²) in [5.41, 5.74) is 3.37. The lowest BCUT2D eigenvalue weighted by Gasteiger charge is -2.30. The van der Waals surface area contributed by atoms with Gasteiger partial charge < -0.3 is 20.7 Å². The number of carbonyl (C=O) groups is 3. The predicted molar refractivity (Wildman–Crippen MR) is 141 cm³/mol. The van der Waals surface area contributed by atoms with E-state index in [4.69, 9.17) is 21.3 Å². The second kappa shape index (κ2) is 10.7. The average Bonchev–Trinajstić information content (AvgIpc) is 2.88. The molecule has 1 aromatic heterocycles. The van der Waals surface area contributed by atoms with Crippen molar-refractivity contribution >= 4 is 45.9 Å². The van der Waals surface area contributed by atoms with Crippen LogP contribution in [0.15, 0.2) is 42.5 Å². The maximum atomic E-state index is 13.6. The Balaban J connectivity index is 1.39. The van der Waals surface area contributed by atoms with E-state index in [1.54, 1.807) is 18.2 Å². The highest BCUT2D eigenvalue weighted by Gasteiger charge is 2.30. The van der Waals surface area contributed by atoms with Gasteiger partial charge in [-0.2, -0.15) is 0 Å². The van der Waals surface area contributed by atoms with Gasteiger partial charge in [-0.1, -0.05) is 29.8 Å². The number of piperidine rings is 1. The summed E-state index contributed by atoms with van der Waals surface area (Å²) in [4.78, 5) is 45.6. The molecule has 5 rings (SSSR count). The van der Waals surface area contributed by atoms with Crippen LogP contribution >= 0.6 is 11.6 Å². The van der Waals surface area contributed by atoms with Crippen LogP contribution in [0.1, 0.15) is 34.5 Å². The lowest BCUT2D eigenvalue weighted by Crippen LogP contribution is -2.50. The first-order valence-electron chi connectivity index (χ1n) is 12.3. The number of nitrogens with zero attached hydrogens (tertiary/aromatic N) is 2. The third-order valence-corrected chi connectivity index (χ3v) is 6.98. The van der Waals surface area contributed by atoms with Gasteiger partial charge in [-0.3, -0.25) is 24.3 Å². The van der Waals surface area contributed by atoms with Crippen molar-refractivity contribution in [3.63, 3.8) is 0 Å². The molecule has 3 amide bonds. The van der Waals surface area contributed by atoms with Gasteiger partial charge in [0.25, 0.3) is 5.91 Å². The Labute approximate surface area is 219 Å². The third-order valence-electron chi connectivity index (χ3n) is 6.75. The van der Waals surface area contributed by atoms with Gasteiger partial charge in [0.05, 0.1) is 30.4 Å². The average molecular weight is 522 g/mol. The Kier molecular flexibility index (Phi) is 7.25. The van der Waals surface area contributed by atoms with Gasteiger partial charge in [0.2, 0.25) is 11.8 Å². The molecule has 10 heteroatoms. The van der Waals surface area contributed by atoms with E-state index < -0.39 is 6.04 Å². The molecule has 1 fully saturated rings. The summed E-state index contributed by atoms with van der Waals surface area (Å²) < 4.78 is 5.32. The summed E-state index contributed by atoms with van der Waals surface area (Å²) in [6.45, 7) is 1.74. The predicted octanol–water partition coefficient (Wildman–Crippen LogP) is 2.90. The number of hydrogen-bond acceptors (Lipinski definition) is 6. The van der Waals surface area contributed by atoms with Crippen LogP contribution in [0.4, 0.5) is 5.69 Å². The lowest BCUT2D eigenvalue weighted by molar-refractivity contribution is -0.124. The van der Waals surface area contributed by atoms with Crippen LogP contribution in [0.2, 0.25) is 5.02 Å². The van der Waals surface area contributed by atoms with E-state index in [9.17, 15) is 14.4 Å². The first-order valence-corrected chi connectivity index (χ1v) is 12.7. The number of hydrogen-bond donors (Lipinski definition) is 3. The molecule has 3 aromatic rings. The van der Waals surface area contributed by atoms with E-state index in [1.807, 2.05) is 29.2 Å². The molecule has 9 nitrogen and oxygen atoms in total. The van der Waals surface area contributed by atoms with Gasteiger partial charge in [-0.15, -0.1) is 0 Å². The molecule has 192 valence electrons. The Bertz CT molecular complexity index is 1380. The van der Waals surface area contributed by atoms with Gasteiger partial charge in [0, 0.05) is 47.7 Å². The highest BCUT2D eigenvalue weighted by Crippen LogP contribution is 2.30.